The molecule has 5 heterocycles. The summed E-state index contributed by atoms with van der Waals surface area (Å²) in [6, 6.07) is 18.4. The fourth-order valence-corrected chi connectivity index (χ4v) is 4.84. The zero-order chi connectivity index (χ0) is 28.4. The summed E-state index contributed by atoms with van der Waals surface area (Å²) in [5, 5.41) is 9.86. The molecule has 0 unspecified atom stereocenters. The van der Waals surface area contributed by atoms with Crippen molar-refractivity contribution in [2.45, 2.75) is 40.0 Å². The van der Waals surface area contributed by atoms with Crippen LogP contribution in [0.4, 0.5) is 0 Å². The normalized spacial score (nSPS) is 14.4. The molecule has 5 rings (SSSR count). The van der Waals surface area contributed by atoms with E-state index >= 15 is 0 Å². The van der Waals surface area contributed by atoms with Gasteiger partial charge in [-0.15, -0.1) is 0 Å². The molecule has 9 nitrogen and oxygen atoms in total. The molecular weight excluding hydrogens is 504 g/mol. The number of rotatable bonds is 3. The van der Waals surface area contributed by atoms with Gasteiger partial charge in [-0.2, -0.15) is 0 Å². The Hall–Kier alpha value is -4.34. The number of nitrogens with zero attached hydrogens (tertiary/aromatic N) is 6. The molecule has 0 amide bonds. The third-order valence-electron chi connectivity index (χ3n) is 6.68. The zero-order valence-corrected chi connectivity index (χ0v) is 23.1. The van der Waals surface area contributed by atoms with Gasteiger partial charge in [0.2, 0.25) is 0 Å². The second kappa shape index (κ2) is 11.4. The van der Waals surface area contributed by atoms with Gasteiger partial charge < -0.3 is 5.11 Å². The van der Waals surface area contributed by atoms with Crippen molar-refractivity contribution in [1.29, 1.82) is 0 Å². The molecule has 40 heavy (non-hydrogen) atoms. The van der Waals surface area contributed by atoms with Crippen LogP contribution in [0.3, 0.4) is 0 Å². The maximum Gasteiger partial charge on any atom is 0.335 e. The van der Waals surface area contributed by atoms with Crippen LogP contribution in [0.15, 0.2) is 60.7 Å². The smallest absolute Gasteiger partial charge is 0.335 e. The van der Waals surface area contributed by atoms with Crippen molar-refractivity contribution >= 4 is 11.8 Å². The lowest BCUT2D eigenvalue weighted by Crippen LogP contribution is -2.21. The van der Waals surface area contributed by atoms with E-state index < -0.39 is 5.97 Å². The molecule has 9 heteroatoms. The highest BCUT2D eigenvalue weighted by Gasteiger charge is 2.19. The highest BCUT2D eigenvalue weighted by atomic mass is 16.4. The van der Waals surface area contributed by atoms with Crippen LogP contribution in [-0.2, 0) is 26.2 Å². The summed E-state index contributed by atoms with van der Waals surface area (Å²) >= 11 is 0. The Balaban J connectivity index is 1.65. The molecule has 0 radical (unpaired) electrons. The first-order chi connectivity index (χ1) is 19.1. The summed E-state index contributed by atoms with van der Waals surface area (Å²) in [7, 11) is 3.91. The van der Waals surface area contributed by atoms with E-state index in [1.54, 1.807) is 12.1 Å². The number of carboxylic acids is 1. The second-order valence-corrected chi connectivity index (χ2v) is 10.7. The minimum absolute atomic E-state index is 0.00736. The summed E-state index contributed by atoms with van der Waals surface area (Å²) < 4.78 is 0. The Morgan fingerprint density at radius 1 is 0.650 bits per heavy atom. The predicted octanol–water partition coefficient (Wildman–Crippen LogP) is 4.71. The van der Waals surface area contributed by atoms with Gasteiger partial charge in [-0.1, -0.05) is 26.0 Å². The quantitative estimate of drug-likeness (QED) is 0.372. The van der Waals surface area contributed by atoms with Crippen molar-refractivity contribution in [3.63, 3.8) is 0 Å². The van der Waals surface area contributed by atoms with Crippen molar-refractivity contribution < 1.29 is 14.7 Å². The molecule has 0 aliphatic carbocycles. The molecule has 0 saturated heterocycles. The van der Waals surface area contributed by atoms with E-state index in [0.717, 1.165) is 22.8 Å². The summed E-state index contributed by atoms with van der Waals surface area (Å²) in [4.78, 5) is 48.6. The zero-order valence-electron chi connectivity index (χ0n) is 23.1. The first-order valence-corrected chi connectivity index (χ1v) is 13.2. The number of hydrogen-bond acceptors (Lipinski definition) is 8. The first kappa shape index (κ1) is 27.2. The average molecular weight is 537 g/mol. The van der Waals surface area contributed by atoms with Gasteiger partial charge in [0.05, 0.1) is 51.1 Å². The van der Waals surface area contributed by atoms with Gasteiger partial charge in [0, 0.05) is 37.7 Å². The minimum Gasteiger partial charge on any atom is -0.478 e. The topological polar surface area (TPSA) is 112 Å². The number of ketones is 1. The number of carbonyl (C=O) groups is 2. The molecule has 0 fully saturated rings. The van der Waals surface area contributed by atoms with E-state index in [2.05, 4.69) is 4.90 Å². The van der Waals surface area contributed by atoms with E-state index in [4.69, 9.17) is 19.9 Å². The van der Waals surface area contributed by atoms with Gasteiger partial charge >= 0.3 is 5.97 Å². The number of fused-ring (bicyclic) bond motifs is 10. The number of aromatic nitrogens is 4. The van der Waals surface area contributed by atoms with Crippen LogP contribution in [0.2, 0.25) is 0 Å². The molecule has 1 N–H and O–H groups in total. The van der Waals surface area contributed by atoms with Crippen molar-refractivity contribution in [2.24, 2.45) is 5.92 Å². The van der Waals surface area contributed by atoms with Crippen molar-refractivity contribution in [2.75, 3.05) is 14.1 Å². The van der Waals surface area contributed by atoms with Crippen LogP contribution in [-0.4, -0.2) is 60.7 Å². The second-order valence-electron chi connectivity index (χ2n) is 10.7. The van der Waals surface area contributed by atoms with Gasteiger partial charge in [0.1, 0.15) is 0 Å². The summed E-state index contributed by atoms with van der Waals surface area (Å²) in [5.41, 5.74) is 6.16. The predicted molar refractivity (Wildman–Crippen MR) is 151 cm³/mol. The van der Waals surface area contributed by atoms with Crippen LogP contribution in [0.5, 0.6) is 0 Å². The minimum atomic E-state index is -1.05. The number of Topliss-reactive ketones (excluding diaryl/α,β-unsaturated/α-hetero) is 1. The number of aromatic carboxylic acids is 1. The molecule has 0 spiro atoms. The van der Waals surface area contributed by atoms with Crippen molar-refractivity contribution in [3.05, 3.63) is 94.6 Å². The molecule has 1 aliphatic rings. The van der Waals surface area contributed by atoms with Crippen LogP contribution in [0, 0.1) is 5.92 Å². The Morgan fingerprint density at radius 3 is 1.55 bits per heavy atom. The van der Waals surface area contributed by atoms with E-state index in [9.17, 15) is 14.7 Å². The lowest BCUT2D eigenvalue weighted by atomic mass is 9.99. The molecule has 4 aromatic rings. The molecule has 8 bridgehead atoms. The molecule has 1 aliphatic heterocycles. The highest BCUT2D eigenvalue weighted by Crippen LogP contribution is 2.24. The first-order valence-electron chi connectivity index (χ1n) is 13.2. The molecular formula is C31H32N6O3. The maximum absolute atomic E-state index is 13.1. The standard InChI is InChI=1S/C31H32N6O3/c1-19(2)30(38)20-11-24-17-36(3)15-22-7-5-9-26(32-22)27-10-6-8-23(33-27)16-37(4)18-25-12-21(31(39)40)14-29(35-25)28(13-20)34-24/h5-14,19H,15-18H2,1-4H3,(H,39,40). The lowest BCUT2D eigenvalue weighted by Gasteiger charge is -2.19. The van der Waals surface area contributed by atoms with Gasteiger partial charge in [-0.3, -0.25) is 14.6 Å². The van der Waals surface area contributed by atoms with Crippen LogP contribution in [0.1, 0.15) is 57.3 Å². The molecule has 0 atom stereocenters. The fraction of sp³-hybridized carbons (Fsp3) is 0.290. The van der Waals surface area contributed by atoms with E-state index in [1.807, 2.05) is 75.3 Å². The number of hydrogen-bond donors (Lipinski definition) is 1. The largest absolute Gasteiger partial charge is 0.478 e. The Kier molecular flexibility index (Phi) is 7.77. The van der Waals surface area contributed by atoms with Crippen LogP contribution in [0.25, 0.3) is 22.8 Å². The summed E-state index contributed by atoms with van der Waals surface area (Å²) in [6.45, 7) is 5.67. The SMILES string of the molecule is CC(C)C(=O)c1cc2nc(c1)-c1cc(C(=O)O)cc(n1)CN(C)Cc1cccc(n1)-c1cccc(n1)CN(C)C2. The average Bonchev–Trinajstić information content (AvgIpc) is 2.91. The van der Waals surface area contributed by atoms with Crippen LogP contribution < -0.4 is 0 Å². The van der Waals surface area contributed by atoms with Gasteiger partial charge in [0.25, 0.3) is 0 Å². The number of carbonyl (C=O) groups excluding carboxylic acids is 1. The van der Waals surface area contributed by atoms with E-state index in [0.29, 0.717) is 54.5 Å². The van der Waals surface area contributed by atoms with Gasteiger partial charge in [0.15, 0.2) is 5.78 Å². The Labute approximate surface area is 233 Å². The van der Waals surface area contributed by atoms with Crippen LogP contribution >= 0.6 is 0 Å². The third kappa shape index (κ3) is 6.27. The number of pyridine rings is 4. The van der Waals surface area contributed by atoms with E-state index in [-0.39, 0.29) is 17.3 Å². The lowest BCUT2D eigenvalue weighted by molar-refractivity contribution is 0.0696. The highest BCUT2D eigenvalue weighted by molar-refractivity contribution is 5.98. The Bertz CT molecular complexity index is 1590. The molecule has 0 aromatic carbocycles. The van der Waals surface area contributed by atoms with E-state index in [1.165, 1.54) is 6.07 Å². The number of carboxylic acid groups (broad SMARTS) is 1. The monoisotopic (exact) mass is 536 g/mol. The fourth-order valence-electron chi connectivity index (χ4n) is 4.84. The third-order valence-corrected chi connectivity index (χ3v) is 6.68. The summed E-state index contributed by atoms with van der Waals surface area (Å²) in [5.74, 6) is -1.26. The molecule has 0 saturated carbocycles. The van der Waals surface area contributed by atoms with Crippen molar-refractivity contribution in [3.8, 4) is 22.8 Å². The van der Waals surface area contributed by atoms with Crippen molar-refractivity contribution in [1.82, 2.24) is 29.7 Å². The maximum atomic E-state index is 13.1. The Morgan fingerprint density at radius 2 is 1.07 bits per heavy atom. The van der Waals surface area contributed by atoms with Gasteiger partial charge in [-0.25, -0.2) is 24.7 Å². The van der Waals surface area contributed by atoms with Gasteiger partial charge in [-0.05, 0) is 62.6 Å². The summed E-state index contributed by atoms with van der Waals surface area (Å²) in [6.07, 6.45) is 0. The molecule has 4 aromatic heterocycles. The molecule has 204 valence electrons.